The van der Waals surface area contributed by atoms with Gasteiger partial charge < -0.3 is 14.5 Å². The van der Waals surface area contributed by atoms with Gasteiger partial charge in [-0.1, -0.05) is 12.8 Å². The van der Waals surface area contributed by atoms with Crippen molar-refractivity contribution in [2.45, 2.75) is 50.7 Å². The molecule has 2 aliphatic heterocycles. The van der Waals surface area contributed by atoms with Crippen LogP contribution in [0.3, 0.4) is 0 Å². The minimum atomic E-state index is -0.0924. The summed E-state index contributed by atoms with van der Waals surface area (Å²) in [5, 5.41) is 2.94. The van der Waals surface area contributed by atoms with Gasteiger partial charge in [0.05, 0.1) is 6.10 Å². The molecule has 0 atom stereocenters. The van der Waals surface area contributed by atoms with E-state index in [-0.39, 0.29) is 12.1 Å². The van der Waals surface area contributed by atoms with Gasteiger partial charge in [-0.3, -0.25) is 10.2 Å². The zero-order chi connectivity index (χ0) is 19.3. The molecule has 154 valence electrons. The Hall–Kier alpha value is -1.93. The highest BCUT2D eigenvalue weighted by atomic mass is 16.5. The minimum Gasteiger partial charge on any atom is -0.381 e. The van der Waals surface area contributed by atoms with Crippen LogP contribution in [0.1, 0.15) is 38.5 Å². The Morgan fingerprint density at radius 3 is 2.43 bits per heavy atom. The van der Waals surface area contributed by atoms with Gasteiger partial charge in [-0.2, -0.15) is 0 Å². The molecule has 28 heavy (non-hydrogen) atoms. The summed E-state index contributed by atoms with van der Waals surface area (Å²) in [6, 6.07) is 2.58. The first kappa shape index (κ1) is 19.4. The zero-order valence-corrected chi connectivity index (χ0v) is 16.8. The van der Waals surface area contributed by atoms with Crippen LogP contribution in [-0.2, 0) is 4.74 Å². The number of methoxy groups -OCH3 is 1. The Labute approximate surface area is 167 Å². The number of amides is 2. The van der Waals surface area contributed by atoms with Crippen LogP contribution in [0.15, 0.2) is 12.4 Å². The average Bonchev–Trinajstić information content (AvgIpc) is 3.29. The molecule has 2 saturated heterocycles. The highest BCUT2D eigenvalue weighted by Gasteiger charge is 2.27. The number of carbonyl (C=O) groups excluding carboxylic acids is 1. The van der Waals surface area contributed by atoms with Crippen molar-refractivity contribution in [3.8, 4) is 0 Å². The molecular formula is C20H32N6O2. The van der Waals surface area contributed by atoms with Crippen molar-refractivity contribution in [1.82, 2.24) is 19.8 Å². The minimum absolute atomic E-state index is 0.0924. The van der Waals surface area contributed by atoms with Crippen molar-refractivity contribution < 1.29 is 9.53 Å². The molecule has 3 aliphatic rings. The third kappa shape index (κ3) is 4.55. The molecular weight excluding hydrogens is 356 g/mol. The number of carbonyl (C=O) groups is 1. The van der Waals surface area contributed by atoms with Gasteiger partial charge in [0.15, 0.2) is 0 Å². The van der Waals surface area contributed by atoms with Crippen LogP contribution < -0.4 is 10.2 Å². The monoisotopic (exact) mass is 388 g/mol. The van der Waals surface area contributed by atoms with Gasteiger partial charge in [-0.15, -0.1) is 0 Å². The van der Waals surface area contributed by atoms with E-state index in [0.29, 0.717) is 18.9 Å². The molecule has 0 aromatic carbocycles. The van der Waals surface area contributed by atoms with Gasteiger partial charge in [0.2, 0.25) is 0 Å². The van der Waals surface area contributed by atoms with Gasteiger partial charge in [-0.05, 0) is 25.7 Å². The molecule has 0 spiro atoms. The number of ether oxygens (including phenoxy) is 1. The van der Waals surface area contributed by atoms with E-state index >= 15 is 0 Å². The number of likely N-dealkylation sites (tertiary alicyclic amines) is 1. The van der Waals surface area contributed by atoms with Gasteiger partial charge in [-0.25, -0.2) is 14.8 Å². The summed E-state index contributed by atoms with van der Waals surface area (Å²) in [6.45, 7) is 5.56. The van der Waals surface area contributed by atoms with E-state index in [4.69, 9.17) is 4.74 Å². The molecule has 3 heterocycles. The number of nitrogens with one attached hydrogen (secondary N) is 1. The fraction of sp³-hybridized carbons (Fsp3) is 0.750. The lowest BCUT2D eigenvalue weighted by molar-refractivity contribution is 0.0521. The molecule has 0 unspecified atom stereocenters. The summed E-state index contributed by atoms with van der Waals surface area (Å²) in [5.74, 6) is 1.47. The number of nitrogens with zero attached hydrogens (tertiary/aromatic N) is 5. The van der Waals surface area contributed by atoms with Crippen LogP contribution >= 0.6 is 0 Å². The third-order valence-electron chi connectivity index (χ3n) is 6.43. The molecule has 8 heteroatoms. The van der Waals surface area contributed by atoms with E-state index in [1.807, 2.05) is 11.0 Å². The van der Waals surface area contributed by atoms with Crippen LogP contribution in [0, 0.1) is 0 Å². The molecule has 1 saturated carbocycles. The van der Waals surface area contributed by atoms with E-state index in [2.05, 4.69) is 25.1 Å². The standard InChI is InChI=1S/C20H32N6O2/c1-28-17-6-8-26(9-7-17)20(27)23-18-14-19(22-15-21-18)25-12-10-24(11-13-25)16-4-2-3-5-16/h14-17H,2-13H2,1H3,(H,21,22,23,27). The normalized spacial score (nSPS) is 22.6. The maximum atomic E-state index is 12.5. The summed E-state index contributed by atoms with van der Waals surface area (Å²) >= 11 is 0. The van der Waals surface area contributed by atoms with Crippen molar-refractivity contribution in [2.24, 2.45) is 0 Å². The molecule has 8 nitrogen and oxygen atoms in total. The van der Waals surface area contributed by atoms with E-state index in [1.165, 1.54) is 25.7 Å². The molecule has 1 aromatic heterocycles. The zero-order valence-electron chi connectivity index (χ0n) is 16.8. The average molecular weight is 389 g/mol. The van der Waals surface area contributed by atoms with E-state index in [9.17, 15) is 4.79 Å². The topological polar surface area (TPSA) is 73.8 Å². The fourth-order valence-electron chi connectivity index (χ4n) is 4.66. The Morgan fingerprint density at radius 2 is 1.75 bits per heavy atom. The van der Waals surface area contributed by atoms with Gasteiger partial charge in [0.25, 0.3) is 0 Å². The Morgan fingerprint density at radius 1 is 1.04 bits per heavy atom. The number of aromatic nitrogens is 2. The summed E-state index contributed by atoms with van der Waals surface area (Å²) in [7, 11) is 1.73. The molecule has 4 rings (SSSR count). The van der Waals surface area contributed by atoms with Crippen molar-refractivity contribution in [3.63, 3.8) is 0 Å². The predicted octanol–water partition coefficient (Wildman–Crippen LogP) is 2.18. The first-order chi connectivity index (χ1) is 13.7. The van der Waals surface area contributed by atoms with Crippen molar-refractivity contribution >= 4 is 17.7 Å². The number of anilines is 2. The van der Waals surface area contributed by atoms with Gasteiger partial charge >= 0.3 is 6.03 Å². The molecule has 1 aliphatic carbocycles. The number of hydrogen-bond donors (Lipinski definition) is 1. The smallest absolute Gasteiger partial charge is 0.323 e. The maximum Gasteiger partial charge on any atom is 0.323 e. The quantitative estimate of drug-likeness (QED) is 0.852. The molecule has 1 aromatic rings. The first-order valence-corrected chi connectivity index (χ1v) is 10.6. The van der Waals surface area contributed by atoms with Crippen LogP contribution in [0.5, 0.6) is 0 Å². The number of rotatable bonds is 4. The number of urea groups is 1. The Balaban J connectivity index is 1.30. The summed E-state index contributed by atoms with van der Waals surface area (Å²) < 4.78 is 5.37. The van der Waals surface area contributed by atoms with Gasteiger partial charge in [0, 0.05) is 58.5 Å². The van der Waals surface area contributed by atoms with Crippen LogP contribution in [0.4, 0.5) is 16.4 Å². The van der Waals surface area contributed by atoms with Crippen LogP contribution in [-0.4, -0.2) is 84.3 Å². The van der Waals surface area contributed by atoms with Crippen molar-refractivity contribution in [2.75, 3.05) is 56.6 Å². The van der Waals surface area contributed by atoms with Crippen LogP contribution in [0.2, 0.25) is 0 Å². The number of hydrogen-bond acceptors (Lipinski definition) is 6. The van der Waals surface area contributed by atoms with E-state index in [0.717, 1.165) is 50.9 Å². The van der Waals surface area contributed by atoms with Crippen molar-refractivity contribution in [3.05, 3.63) is 12.4 Å². The Kier molecular flexibility index (Phi) is 6.26. The second-order valence-corrected chi connectivity index (χ2v) is 8.08. The van der Waals surface area contributed by atoms with Crippen LogP contribution in [0.25, 0.3) is 0 Å². The fourth-order valence-corrected chi connectivity index (χ4v) is 4.66. The Bertz CT molecular complexity index is 650. The van der Waals surface area contributed by atoms with Crippen molar-refractivity contribution in [1.29, 1.82) is 0 Å². The number of piperidine rings is 1. The summed E-state index contributed by atoms with van der Waals surface area (Å²) in [4.78, 5) is 28.0. The molecule has 1 N–H and O–H groups in total. The lowest BCUT2D eigenvalue weighted by Crippen LogP contribution is -2.50. The summed E-state index contributed by atoms with van der Waals surface area (Å²) in [5.41, 5.74) is 0. The lowest BCUT2D eigenvalue weighted by atomic mass is 10.1. The molecule has 0 radical (unpaired) electrons. The second-order valence-electron chi connectivity index (χ2n) is 8.08. The highest BCUT2D eigenvalue weighted by molar-refractivity contribution is 5.88. The summed E-state index contributed by atoms with van der Waals surface area (Å²) in [6.07, 6.45) is 9.03. The second kappa shape index (κ2) is 9.05. The van der Waals surface area contributed by atoms with Gasteiger partial charge in [0.1, 0.15) is 18.0 Å². The predicted molar refractivity (Wildman–Crippen MR) is 109 cm³/mol. The third-order valence-corrected chi connectivity index (χ3v) is 6.43. The SMILES string of the molecule is COC1CCN(C(=O)Nc2cc(N3CCN(C4CCCC4)CC3)ncn2)CC1. The lowest BCUT2D eigenvalue weighted by Gasteiger charge is -2.38. The highest BCUT2D eigenvalue weighted by Crippen LogP contribution is 2.25. The number of piperazine rings is 1. The largest absolute Gasteiger partial charge is 0.381 e. The van der Waals surface area contributed by atoms with E-state index in [1.54, 1.807) is 13.4 Å². The molecule has 3 fully saturated rings. The molecule has 2 amide bonds. The molecule has 0 bridgehead atoms. The maximum absolute atomic E-state index is 12.5. The first-order valence-electron chi connectivity index (χ1n) is 10.6. The van der Waals surface area contributed by atoms with E-state index < -0.39 is 0 Å².